The molecule has 0 saturated heterocycles. The Balaban J connectivity index is 4.26. The molecule has 0 aromatic carbocycles. The Hall–Kier alpha value is -0.870. The molecule has 0 fully saturated rings. The predicted molar refractivity (Wildman–Crippen MR) is 55.1 cm³/mol. The van der Waals surface area contributed by atoms with Crippen LogP contribution in [-0.2, 0) is 4.79 Å². The van der Waals surface area contributed by atoms with Crippen molar-refractivity contribution >= 4 is 5.97 Å². The van der Waals surface area contributed by atoms with Crippen LogP contribution in [0.4, 0.5) is 0 Å². The molecular formula is C10H19NO3. The maximum Gasteiger partial charge on any atom is 0.323 e. The van der Waals surface area contributed by atoms with Gasteiger partial charge in [0.25, 0.3) is 0 Å². The number of likely N-dealkylation sites (N-methyl/N-ethyl adjacent to an activating group) is 1. The van der Waals surface area contributed by atoms with Gasteiger partial charge in [-0.15, -0.1) is 0 Å². The first kappa shape index (κ1) is 13.1. The van der Waals surface area contributed by atoms with Crippen LogP contribution in [0.3, 0.4) is 0 Å². The SMILES string of the molecule is C/C=C/C[C@H](C)[C@H](O)[C@@H](NC)C(=O)O. The van der Waals surface area contributed by atoms with E-state index in [9.17, 15) is 9.90 Å². The van der Waals surface area contributed by atoms with E-state index >= 15 is 0 Å². The van der Waals surface area contributed by atoms with Crippen LogP contribution < -0.4 is 5.32 Å². The molecular weight excluding hydrogens is 182 g/mol. The third-order valence-corrected chi connectivity index (χ3v) is 2.25. The fourth-order valence-corrected chi connectivity index (χ4v) is 1.26. The third kappa shape index (κ3) is 3.89. The van der Waals surface area contributed by atoms with Gasteiger partial charge in [0.2, 0.25) is 0 Å². The molecule has 0 radical (unpaired) electrons. The van der Waals surface area contributed by atoms with Gasteiger partial charge < -0.3 is 15.5 Å². The molecule has 0 aliphatic rings. The average Bonchev–Trinajstić information content (AvgIpc) is 2.14. The molecule has 0 rings (SSSR count). The monoisotopic (exact) mass is 201 g/mol. The highest BCUT2D eigenvalue weighted by atomic mass is 16.4. The lowest BCUT2D eigenvalue weighted by Gasteiger charge is -2.23. The summed E-state index contributed by atoms with van der Waals surface area (Å²) in [6.07, 6.45) is 3.62. The highest BCUT2D eigenvalue weighted by molar-refractivity contribution is 5.74. The number of allylic oxidation sites excluding steroid dienone is 2. The van der Waals surface area contributed by atoms with Crippen molar-refractivity contribution in [2.75, 3.05) is 7.05 Å². The smallest absolute Gasteiger partial charge is 0.323 e. The molecule has 0 bridgehead atoms. The molecule has 14 heavy (non-hydrogen) atoms. The molecule has 4 nitrogen and oxygen atoms in total. The lowest BCUT2D eigenvalue weighted by atomic mass is 9.95. The summed E-state index contributed by atoms with van der Waals surface area (Å²) in [7, 11) is 1.53. The minimum Gasteiger partial charge on any atom is -0.480 e. The lowest BCUT2D eigenvalue weighted by Crippen LogP contribution is -2.47. The number of carbonyl (C=O) groups is 1. The van der Waals surface area contributed by atoms with E-state index in [0.29, 0.717) is 6.42 Å². The minimum absolute atomic E-state index is 0.0697. The van der Waals surface area contributed by atoms with Gasteiger partial charge in [0.1, 0.15) is 6.04 Å². The van der Waals surface area contributed by atoms with Crippen molar-refractivity contribution < 1.29 is 15.0 Å². The molecule has 0 spiro atoms. The van der Waals surface area contributed by atoms with Gasteiger partial charge in [0.05, 0.1) is 6.10 Å². The molecule has 4 heteroatoms. The number of hydrogen-bond donors (Lipinski definition) is 3. The standard InChI is InChI=1S/C10H19NO3/c1-4-5-6-7(2)9(12)8(11-3)10(13)14/h4-5,7-9,11-12H,6H2,1-3H3,(H,13,14)/b5-4+/t7-,8+,9-/m0/s1. The number of nitrogens with one attached hydrogen (secondary N) is 1. The van der Waals surface area contributed by atoms with E-state index in [-0.39, 0.29) is 5.92 Å². The second-order valence-electron chi connectivity index (χ2n) is 3.38. The Morgan fingerprint density at radius 2 is 2.14 bits per heavy atom. The molecule has 0 unspecified atom stereocenters. The molecule has 0 aliphatic carbocycles. The van der Waals surface area contributed by atoms with Crippen molar-refractivity contribution in [3.63, 3.8) is 0 Å². The van der Waals surface area contributed by atoms with Crippen molar-refractivity contribution in [3.05, 3.63) is 12.2 Å². The first-order valence-electron chi connectivity index (χ1n) is 4.73. The normalized spacial score (nSPS) is 18.0. The van der Waals surface area contributed by atoms with E-state index in [1.165, 1.54) is 7.05 Å². The molecule has 82 valence electrons. The van der Waals surface area contributed by atoms with Crippen LogP contribution in [0.5, 0.6) is 0 Å². The zero-order valence-corrected chi connectivity index (χ0v) is 8.90. The van der Waals surface area contributed by atoms with E-state index in [0.717, 1.165) is 0 Å². The molecule has 0 aromatic rings. The quantitative estimate of drug-likeness (QED) is 0.551. The van der Waals surface area contributed by atoms with Crippen molar-refractivity contribution in [2.45, 2.75) is 32.4 Å². The molecule has 3 N–H and O–H groups in total. The summed E-state index contributed by atoms with van der Waals surface area (Å²) in [4.78, 5) is 10.7. The van der Waals surface area contributed by atoms with Crippen molar-refractivity contribution in [1.82, 2.24) is 5.32 Å². The maximum atomic E-state index is 10.7. The summed E-state index contributed by atoms with van der Waals surface area (Å²) < 4.78 is 0. The van der Waals surface area contributed by atoms with E-state index in [1.54, 1.807) is 0 Å². The minimum atomic E-state index is -1.02. The summed E-state index contributed by atoms with van der Waals surface area (Å²) >= 11 is 0. The Labute approximate surface area is 84.6 Å². The summed E-state index contributed by atoms with van der Waals surface area (Å²) in [5, 5.41) is 21.1. The van der Waals surface area contributed by atoms with E-state index in [2.05, 4.69) is 5.32 Å². The number of hydrogen-bond acceptors (Lipinski definition) is 3. The highest BCUT2D eigenvalue weighted by Gasteiger charge is 2.28. The van der Waals surface area contributed by atoms with Gasteiger partial charge in [-0.05, 0) is 26.3 Å². The number of carboxylic acid groups (broad SMARTS) is 1. The number of aliphatic carboxylic acids is 1. The summed E-state index contributed by atoms with van der Waals surface area (Å²) in [5.74, 6) is -1.09. The molecule has 3 atom stereocenters. The lowest BCUT2D eigenvalue weighted by molar-refractivity contribution is -0.143. The molecule has 0 heterocycles. The summed E-state index contributed by atoms with van der Waals surface area (Å²) in [5.41, 5.74) is 0. The average molecular weight is 201 g/mol. The third-order valence-electron chi connectivity index (χ3n) is 2.25. The van der Waals surface area contributed by atoms with Crippen LogP contribution in [0.1, 0.15) is 20.3 Å². The molecule has 0 saturated carbocycles. The zero-order chi connectivity index (χ0) is 11.1. The van der Waals surface area contributed by atoms with Gasteiger partial charge in [-0.1, -0.05) is 19.1 Å². The zero-order valence-electron chi connectivity index (χ0n) is 8.90. The number of aliphatic hydroxyl groups is 1. The highest BCUT2D eigenvalue weighted by Crippen LogP contribution is 2.12. The van der Waals surface area contributed by atoms with Crippen LogP contribution in [0.2, 0.25) is 0 Å². The van der Waals surface area contributed by atoms with Gasteiger partial charge in [-0.25, -0.2) is 0 Å². The summed E-state index contributed by atoms with van der Waals surface area (Å²) in [6, 6.07) is -0.893. The molecule has 0 aliphatic heterocycles. The van der Waals surface area contributed by atoms with Crippen molar-refractivity contribution in [3.8, 4) is 0 Å². The van der Waals surface area contributed by atoms with Gasteiger partial charge in [-0.3, -0.25) is 4.79 Å². The Kier molecular flexibility index (Phi) is 6.16. The van der Waals surface area contributed by atoms with Crippen LogP contribution >= 0.6 is 0 Å². The second kappa shape index (κ2) is 6.56. The van der Waals surface area contributed by atoms with Gasteiger partial charge in [-0.2, -0.15) is 0 Å². The molecule has 0 aromatic heterocycles. The first-order chi connectivity index (χ1) is 6.54. The summed E-state index contributed by atoms with van der Waals surface area (Å²) in [6.45, 7) is 3.73. The van der Waals surface area contributed by atoms with Crippen LogP contribution in [0.25, 0.3) is 0 Å². The predicted octanol–water partition coefficient (Wildman–Crippen LogP) is 0.622. The number of carboxylic acids is 1. The topological polar surface area (TPSA) is 69.6 Å². The van der Waals surface area contributed by atoms with Crippen LogP contribution in [0, 0.1) is 5.92 Å². The van der Waals surface area contributed by atoms with Crippen molar-refractivity contribution in [2.24, 2.45) is 5.92 Å². The Morgan fingerprint density at radius 1 is 1.57 bits per heavy atom. The van der Waals surface area contributed by atoms with E-state index in [1.807, 2.05) is 26.0 Å². The van der Waals surface area contributed by atoms with E-state index < -0.39 is 18.1 Å². The van der Waals surface area contributed by atoms with Gasteiger partial charge in [0, 0.05) is 0 Å². The van der Waals surface area contributed by atoms with Crippen molar-refractivity contribution in [1.29, 1.82) is 0 Å². The largest absolute Gasteiger partial charge is 0.480 e. The number of aliphatic hydroxyl groups excluding tert-OH is 1. The Morgan fingerprint density at radius 3 is 2.50 bits per heavy atom. The fraction of sp³-hybridized carbons (Fsp3) is 0.700. The fourth-order valence-electron chi connectivity index (χ4n) is 1.26. The molecule has 0 amide bonds. The maximum absolute atomic E-state index is 10.7. The van der Waals surface area contributed by atoms with Gasteiger partial charge in [0.15, 0.2) is 0 Å². The first-order valence-corrected chi connectivity index (χ1v) is 4.73. The van der Waals surface area contributed by atoms with Gasteiger partial charge >= 0.3 is 5.97 Å². The second-order valence-corrected chi connectivity index (χ2v) is 3.38. The Bertz CT molecular complexity index is 204. The van der Waals surface area contributed by atoms with E-state index in [4.69, 9.17) is 5.11 Å². The van der Waals surface area contributed by atoms with Crippen LogP contribution in [0.15, 0.2) is 12.2 Å². The van der Waals surface area contributed by atoms with Crippen LogP contribution in [-0.4, -0.2) is 35.4 Å². The number of rotatable bonds is 6.